The molecule has 0 saturated carbocycles. The quantitative estimate of drug-likeness (QED) is 0.798. The Bertz CT molecular complexity index is 1400. The second-order valence-corrected chi connectivity index (χ2v) is 7.46. The van der Waals surface area contributed by atoms with Crippen molar-refractivity contribution in [2.75, 3.05) is 19.6 Å². The molecule has 140 valence electrons. The average molecular weight is 434 g/mol. The Labute approximate surface area is 177 Å². The topological polar surface area (TPSA) is 99.5 Å². The van der Waals surface area contributed by atoms with Gasteiger partial charge in [0, 0.05) is 25.8 Å². The molecule has 0 bridgehead atoms. The van der Waals surface area contributed by atoms with Crippen LogP contribution in [0.25, 0.3) is 0 Å². The molecule has 2 aromatic carbocycles. The van der Waals surface area contributed by atoms with Gasteiger partial charge in [0.2, 0.25) is 15.9 Å². The Morgan fingerprint density at radius 3 is 2.63 bits per heavy atom. The molecule has 1 heterocycles. The summed E-state index contributed by atoms with van der Waals surface area (Å²) in [5, 5.41) is 10.4. The van der Waals surface area contributed by atoms with E-state index in [1.54, 1.807) is 0 Å². The van der Waals surface area contributed by atoms with Crippen LogP contribution in [-0.4, -0.2) is 38.2 Å². The van der Waals surface area contributed by atoms with Gasteiger partial charge in [-0.3, -0.25) is 4.79 Å². The lowest BCUT2D eigenvalue weighted by Crippen LogP contribution is -2.49. The largest absolute Gasteiger partial charge is 0.456 e. The van der Waals surface area contributed by atoms with Gasteiger partial charge in [-0.2, -0.15) is 9.57 Å². The predicted molar refractivity (Wildman–Crippen MR) is 99.5 cm³/mol. The van der Waals surface area contributed by atoms with E-state index in [0.717, 1.165) is 0 Å². The molecule has 1 aliphatic rings. The minimum atomic E-state index is -5.20. The number of amides is 1. The lowest BCUT2D eigenvalue weighted by Gasteiger charge is -2.26. The fraction of sp³-hybridized carbons (Fsp3) is 0.176. The minimum Gasteiger partial charge on any atom is -0.456 e. The van der Waals surface area contributed by atoms with Gasteiger partial charge in [-0.15, -0.1) is 0 Å². The fourth-order valence-corrected chi connectivity index (χ4v) is 3.69. The molecule has 0 spiro atoms. The molecule has 1 saturated heterocycles. The number of nitrogens with one attached hydrogen (secondary N) is 1. The molecular weight excluding hydrogens is 413 g/mol. The van der Waals surface area contributed by atoms with Crippen molar-refractivity contribution in [3.8, 4) is 17.6 Å². The van der Waals surface area contributed by atoms with E-state index in [4.69, 9.17) is 38.9 Å². The monoisotopic (exact) mass is 433 g/mol. The number of ether oxygens (including phenoxy) is 1. The summed E-state index contributed by atoms with van der Waals surface area (Å²) in [7, 11) is -5.20. The van der Waals surface area contributed by atoms with Crippen molar-refractivity contribution in [1.29, 1.82) is 5.26 Å². The first kappa shape index (κ1) is 11.5. The van der Waals surface area contributed by atoms with E-state index in [9.17, 15) is 18.5 Å². The molecule has 7 nitrogen and oxygen atoms in total. The molecule has 0 aromatic heterocycles. The van der Waals surface area contributed by atoms with Crippen LogP contribution in [0.15, 0.2) is 41.1 Å². The maximum atomic E-state index is 13.5. The van der Waals surface area contributed by atoms with Gasteiger partial charge in [-0.1, -0.05) is 23.2 Å². The van der Waals surface area contributed by atoms with Crippen LogP contribution in [0.1, 0.15) is 16.5 Å². The van der Waals surface area contributed by atoms with Gasteiger partial charge in [-0.05, 0) is 36.3 Å². The minimum absolute atomic E-state index is 0.110. The Morgan fingerprint density at radius 2 is 1.96 bits per heavy atom. The highest BCUT2D eigenvalue weighted by Gasteiger charge is 2.32. The molecule has 27 heavy (non-hydrogen) atoms. The van der Waals surface area contributed by atoms with Gasteiger partial charge in [0.15, 0.2) is 0 Å². The van der Waals surface area contributed by atoms with Gasteiger partial charge in [0.05, 0.1) is 26.4 Å². The number of sulfonamides is 1. The lowest BCUT2D eigenvalue weighted by molar-refractivity contribution is -0.122. The van der Waals surface area contributed by atoms with Gasteiger partial charge < -0.3 is 10.1 Å². The van der Waals surface area contributed by atoms with Crippen molar-refractivity contribution in [2.45, 2.75) is 4.90 Å². The highest BCUT2D eigenvalue weighted by Crippen LogP contribution is 2.34. The molecule has 1 fully saturated rings. The molecule has 3 rings (SSSR count). The van der Waals surface area contributed by atoms with Crippen LogP contribution in [0.4, 0.5) is 0 Å². The second-order valence-electron chi connectivity index (χ2n) is 4.90. The Hall–Kier alpha value is -2.31. The van der Waals surface area contributed by atoms with Gasteiger partial charge in [-0.25, -0.2) is 8.42 Å². The maximum absolute atomic E-state index is 13.5. The first-order valence-corrected chi connectivity index (χ1v) is 9.23. The third-order valence-electron chi connectivity index (χ3n) is 3.10. The van der Waals surface area contributed by atoms with E-state index < -0.39 is 104 Å². The highest BCUT2D eigenvalue weighted by atomic mass is 35.5. The van der Waals surface area contributed by atoms with Crippen LogP contribution >= 0.6 is 23.2 Å². The summed E-state index contributed by atoms with van der Waals surface area (Å²) < 4.78 is 96.9. The molecule has 0 atom stereocenters. The standard InChI is InChI=1S/C17H13Cl2N3O4S/c18-12-6-13(19)8-14(7-12)26-15-2-1-11(9-20)5-16(15)27(24,25)22-4-3-21-17(23)10-22/h1-2,5-8H,3-4,10H2,(H,21,23)/i1D,2D,4D2,5D,6D,7D,8D. The van der Waals surface area contributed by atoms with Gasteiger partial charge in [0.25, 0.3) is 0 Å². The summed E-state index contributed by atoms with van der Waals surface area (Å²) in [6.45, 7) is -4.44. The number of rotatable bonds is 4. The van der Waals surface area contributed by atoms with Crippen molar-refractivity contribution in [3.05, 3.63) is 51.9 Å². The zero-order chi connectivity index (χ0) is 26.6. The summed E-state index contributed by atoms with van der Waals surface area (Å²) in [4.78, 5) is 10.6. The Morgan fingerprint density at radius 1 is 1.26 bits per heavy atom. The highest BCUT2D eigenvalue weighted by molar-refractivity contribution is 7.89. The van der Waals surface area contributed by atoms with Crippen LogP contribution in [0.3, 0.4) is 0 Å². The molecule has 0 aliphatic carbocycles. The number of nitrogens with zero attached hydrogens (tertiary/aromatic N) is 2. The summed E-state index contributed by atoms with van der Waals surface area (Å²) in [6, 6.07) is -3.82. The number of hydrogen-bond donors (Lipinski definition) is 1. The maximum Gasteiger partial charge on any atom is 0.247 e. The van der Waals surface area contributed by atoms with Crippen LogP contribution in [-0.2, 0) is 14.8 Å². The zero-order valence-corrected chi connectivity index (χ0v) is 15.4. The predicted octanol–water partition coefficient (Wildman–Crippen LogP) is 2.78. The molecular formula is C17H13Cl2N3O4S. The Balaban J connectivity index is 2.39. The van der Waals surface area contributed by atoms with E-state index in [-0.39, 0.29) is 4.31 Å². The fourth-order valence-electron chi connectivity index (χ4n) is 1.98. The second kappa shape index (κ2) is 7.74. The Kier molecular flexibility index (Phi) is 3.30. The number of carbonyl (C=O) groups is 1. The van der Waals surface area contributed by atoms with E-state index >= 15 is 0 Å². The normalized spacial score (nSPS) is 21.1. The van der Waals surface area contributed by atoms with Crippen LogP contribution in [0.5, 0.6) is 11.5 Å². The van der Waals surface area contributed by atoms with E-state index in [1.807, 2.05) is 0 Å². The molecule has 2 aromatic rings. The number of hydrogen-bond acceptors (Lipinski definition) is 5. The first-order chi connectivity index (χ1) is 16.1. The van der Waals surface area contributed by atoms with Crippen LogP contribution in [0, 0.1) is 11.3 Å². The van der Waals surface area contributed by atoms with Crippen LogP contribution in [0.2, 0.25) is 10.0 Å². The van der Waals surface area contributed by atoms with Crippen LogP contribution < -0.4 is 10.1 Å². The summed E-state index contributed by atoms with van der Waals surface area (Å²) in [5.41, 5.74) is -0.849. The molecule has 1 aliphatic heterocycles. The molecule has 1 amide bonds. The lowest BCUT2D eigenvalue weighted by atomic mass is 10.2. The van der Waals surface area contributed by atoms with E-state index in [0.29, 0.717) is 0 Å². The molecule has 0 unspecified atom stereocenters. The molecule has 1 N–H and O–H groups in total. The van der Waals surface area contributed by atoms with Crippen molar-refractivity contribution in [3.63, 3.8) is 0 Å². The number of piperazine rings is 1. The number of nitriles is 1. The van der Waals surface area contributed by atoms with E-state index in [1.165, 1.54) is 6.07 Å². The van der Waals surface area contributed by atoms with Crippen molar-refractivity contribution >= 4 is 39.1 Å². The first-order valence-electron chi connectivity index (χ1n) is 11.0. The smallest absolute Gasteiger partial charge is 0.247 e. The third-order valence-corrected chi connectivity index (χ3v) is 5.12. The van der Waals surface area contributed by atoms with Gasteiger partial charge >= 0.3 is 0 Å². The van der Waals surface area contributed by atoms with Gasteiger partial charge in [0.1, 0.15) is 16.4 Å². The summed E-state index contributed by atoms with van der Waals surface area (Å²) >= 11 is 11.7. The molecule has 0 radical (unpaired) electrons. The summed E-state index contributed by atoms with van der Waals surface area (Å²) in [6.07, 6.45) is 0. The number of halogens is 2. The number of benzene rings is 2. The van der Waals surface area contributed by atoms with Crippen molar-refractivity contribution in [2.24, 2.45) is 0 Å². The van der Waals surface area contributed by atoms with E-state index in [2.05, 4.69) is 5.32 Å². The summed E-state index contributed by atoms with van der Waals surface area (Å²) in [5.74, 6) is -2.77. The molecule has 10 heteroatoms. The average Bonchev–Trinajstić information content (AvgIpc) is 2.78. The SMILES string of the molecule is [2H]c1c(Cl)c([2H])c(Oc2c([2H])c([2H])c(C#N)c([2H])c2S(=O)(=O)N2CC(=O)NCC2([2H])[2H])c([2H])c1Cl. The number of carbonyl (C=O) groups excluding carboxylic acids is 1. The van der Waals surface area contributed by atoms with Crippen molar-refractivity contribution in [1.82, 2.24) is 9.62 Å². The third kappa shape index (κ3) is 4.34. The zero-order valence-electron chi connectivity index (χ0n) is 21.1. The van der Waals surface area contributed by atoms with Crippen molar-refractivity contribution < 1.29 is 28.9 Å².